The average Bonchev–Trinajstić information content (AvgIpc) is 2.26. The number of nitrogens with one attached hydrogen (secondary N) is 1. The molecule has 0 aliphatic carbocycles. The number of amides is 1. The van der Waals surface area contributed by atoms with E-state index in [0.717, 1.165) is 26.2 Å². The van der Waals surface area contributed by atoms with Gasteiger partial charge in [-0.1, -0.05) is 13.8 Å². The Morgan fingerprint density at radius 1 is 1.20 bits per heavy atom. The van der Waals surface area contributed by atoms with Crippen LogP contribution >= 0.6 is 0 Å². The predicted octanol–water partition coefficient (Wildman–Crippen LogP) is 0.424. The van der Waals surface area contributed by atoms with Gasteiger partial charge in [-0.2, -0.15) is 0 Å². The highest BCUT2D eigenvalue weighted by Crippen LogP contribution is 2.05. The van der Waals surface area contributed by atoms with Gasteiger partial charge in [-0.25, -0.2) is 0 Å². The standard InChI is InChI=1S/C11H20N2O2/c1-9(2)10(14)3-4-11(15)13-7-5-12-6-8-13/h9,12H,3-8H2,1-2H3. The first-order valence-electron chi connectivity index (χ1n) is 5.62. The number of hydrogen-bond donors (Lipinski definition) is 1. The Hall–Kier alpha value is -0.900. The minimum atomic E-state index is 0.0424. The van der Waals surface area contributed by atoms with Crippen LogP contribution in [0.25, 0.3) is 0 Å². The fourth-order valence-electron chi connectivity index (χ4n) is 1.59. The SMILES string of the molecule is CC(C)C(=O)CCC(=O)N1CCNCC1. The maximum Gasteiger partial charge on any atom is 0.223 e. The van der Waals surface area contributed by atoms with Gasteiger partial charge in [-0.15, -0.1) is 0 Å². The lowest BCUT2D eigenvalue weighted by Crippen LogP contribution is -2.46. The second-order valence-corrected chi connectivity index (χ2v) is 4.25. The van der Waals surface area contributed by atoms with Gasteiger partial charge in [0.1, 0.15) is 5.78 Å². The summed E-state index contributed by atoms with van der Waals surface area (Å²) >= 11 is 0. The van der Waals surface area contributed by atoms with Crippen molar-refractivity contribution >= 4 is 11.7 Å². The Labute approximate surface area is 91.0 Å². The van der Waals surface area contributed by atoms with Crippen molar-refractivity contribution in [3.63, 3.8) is 0 Å². The minimum Gasteiger partial charge on any atom is -0.340 e. The first-order valence-corrected chi connectivity index (χ1v) is 5.62. The molecule has 86 valence electrons. The van der Waals surface area contributed by atoms with Crippen LogP contribution < -0.4 is 5.32 Å². The van der Waals surface area contributed by atoms with Crippen LogP contribution in [-0.2, 0) is 9.59 Å². The monoisotopic (exact) mass is 212 g/mol. The van der Waals surface area contributed by atoms with Gasteiger partial charge in [0.25, 0.3) is 0 Å². The van der Waals surface area contributed by atoms with Gasteiger partial charge in [-0.05, 0) is 0 Å². The number of carbonyl (C=O) groups is 2. The van der Waals surface area contributed by atoms with Crippen molar-refractivity contribution in [3.05, 3.63) is 0 Å². The molecule has 0 atom stereocenters. The van der Waals surface area contributed by atoms with E-state index in [9.17, 15) is 9.59 Å². The lowest BCUT2D eigenvalue weighted by molar-refractivity contribution is -0.134. The van der Waals surface area contributed by atoms with Crippen LogP contribution in [0.1, 0.15) is 26.7 Å². The van der Waals surface area contributed by atoms with E-state index >= 15 is 0 Å². The van der Waals surface area contributed by atoms with E-state index in [0.29, 0.717) is 12.8 Å². The highest BCUT2D eigenvalue weighted by atomic mass is 16.2. The molecule has 0 aromatic carbocycles. The van der Waals surface area contributed by atoms with Crippen molar-refractivity contribution in [1.82, 2.24) is 10.2 Å². The second-order valence-electron chi connectivity index (χ2n) is 4.25. The lowest BCUT2D eigenvalue weighted by atomic mass is 10.0. The van der Waals surface area contributed by atoms with Gasteiger partial charge in [0.15, 0.2) is 0 Å². The number of Topliss-reactive ketones (excluding diaryl/α,β-unsaturated/α-hetero) is 1. The van der Waals surface area contributed by atoms with E-state index in [1.165, 1.54) is 0 Å². The maximum atomic E-state index is 11.7. The van der Waals surface area contributed by atoms with Gasteiger partial charge in [0, 0.05) is 44.9 Å². The molecule has 0 bridgehead atoms. The fourth-order valence-corrected chi connectivity index (χ4v) is 1.59. The number of rotatable bonds is 4. The first-order chi connectivity index (χ1) is 7.11. The second kappa shape index (κ2) is 5.85. The summed E-state index contributed by atoms with van der Waals surface area (Å²) in [7, 11) is 0. The third-order valence-corrected chi connectivity index (χ3v) is 2.70. The van der Waals surface area contributed by atoms with Gasteiger partial charge < -0.3 is 10.2 Å². The van der Waals surface area contributed by atoms with Crippen LogP contribution in [0, 0.1) is 5.92 Å². The zero-order valence-electron chi connectivity index (χ0n) is 9.58. The molecule has 1 fully saturated rings. The Balaban J connectivity index is 2.26. The smallest absolute Gasteiger partial charge is 0.223 e. The molecule has 1 rings (SSSR count). The van der Waals surface area contributed by atoms with Crippen molar-refractivity contribution in [2.75, 3.05) is 26.2 Å². The Bertz CT molecular complexity index is 233. The molecule has 0 aromatic heterocycles. The molecule has 1 aliphatic rings. The zero-order valence-corrected chi connectivity index (χ0v) is 9.58. The predicted molar refractivity (Wildman–Crippen MR) is 58.5 cm³/mol. The van der Waals surface area contributed by atoms with Crippen molar-refractivity contribution in [2.24, 2.45) is 5.92 Å². The van der Waals surface area contributed by atoms with Crippen LogP contribution in [0.5, 0.6) is 0 Å². The largest absolute Gasteiger partial charge is 0.340 e. The minimum absolute atomic E-state index is 0.0424. The average molecular weight is 212 g/mol. The zero-order chi connectivity index (χ0) is 11.3. The molecule has 1 amide bonds. The van der Waals surface area contributed by atoms with E-state index in [1.807, 2.05) is 18.7 Å². The van der Waals surface area contributed by atoms with Crippen LogP contribution in [0.3, 0.4) is 0 Å². The van der Waals surface area contributed by atoms with E-state index in [2.05, 4.69) is 5.32 Å². The number of ketones is 1. The van der Waals surface area contributed by atoms with E-state index in [1.54, 1.807) is 0 Å². The first kappa shape index (κ1) is 12.2. The topological polar surface area (TPSA) is 49.4 Å². The molecule has 0 saturated carbocycles. The molecule has 0 aromatic rings. The Morgan fingerprint density at radius 3 is 2.33 bits per heavy atom. The summed E-state index contributed by atoms with van der Waals surface area (Å²) < 4.78 is 0. The maximum absolute atomic E-state index is 11.7. The lowest BCUT2D eigenvalue weighted by Gasteiger charge is -2.27. The normalized spacial score (nSPS) is 16.9. The van der Waals surface area contributed by atoms with Crippen molar-refractivity contribution in [1.29, 1.82) is 0 Å². The molecule has 1 N–H and O–H groups in total. The van der Waals surface area contributed by atoms with Gasteiger partial charge >= 0.3 is 0 Å². The molecule has 0 spiro atoms. The van der Waals surface area contributed by atoms with E-state index in [4.69, 9.17) is 0 Å². The summed E-state index contributed by atoms with van der Waals surface area (Å²) in [6, 6.07) is 0. The molecule has 0 radical (unpaired) electrons. The quantitative estimate of drug-likeness (QED) is 0.735. The number of nitrogens with zero attached hydrogens (tertiary/aromatic N) is 1. The summed E-state index contributed by atoms with van der Waals surface area (Å²) in [6.45, 7) is 7.02. The summed E-state index contributed by atoms with van der Waals surface area (Å²) in [6.07, 6.45) is 0.761. The number of carbonyl (C=O) groups excluding carboxylic acids is 2. The Morgan fingerprint density at radius 2 is 1.80 bits per heavy atom. The van der Waals surface area contributed by atoms with E-state index < -0.39 is 0 Å². The van der Waals surface area contributed by atoms with Crippen LogP contribution in [-0.4, -0.2) is 42.8 Å². The van der Waals surface area contributed by atoms with Crippen LogP contribution in [0.15, 0.2) is 0 Å². The molecule has 4 heteroatoms. The summed E-state index contributed by atoms with van der Waals surface area (Å²) in [4.78, 5) is 24.9. The molecule has 1 heterocycles. The summed E-state index contributed by atoms with van der Waals surface area (Å²) in [5.74, 6) is 0.338. The van der Waals surface area contributed by atoms with Crippen molar-refractivity contribution in [2.45, 2.75) is 26.7 Å². The molecular weight excluding hydrogens is 192 g/mol. The van der Waals surface area contributed by atoms with Crippen LogP contribution in [0.4, 0.5) is 0 Å². The van der Waals surface area contributed by atoms with Crippen molar-refractivity contribution < 1.29 is 9.59 Å². The summed E-state index contributed by atoms with van der Waals surface area (Å²) in [5, 5.41) is 3.19. The van der Waals surface area contributed by atoms with Gasteiger partial charge in [0.05, 0.1) is 0 Å². The van der Waals surface area contributed by atoms with Gasteiger partial charge in [0.2, 0.25) is 5.91 Å². The third-order valence-electron chi connectivity index (χ3n) is 2.70. The molecular formula is C11H20N2O2. The van der Waals surface area contributed by atoms with Crippen molar-refractivity contribution in [3.8, 4) is 0 Å². The van der Waals surface area contributed by atoms with E-state index in [-0.39, 0.29) is 17.6 Å². The Kier molecular flexibility index (Phi) is 4.75. The van der Waals surface area contributed by atoms with Gasteiger partial charge in [-0.3, -0.25) is 9.59 Å². The highest BCUT2D eigenvalue weighted by Gasteiger charge is 2.17. The molecule has 1 aliphatic heterocycles. The third kappa shape index (κ3) is 4.00. The highest BCUT2D eigenvalue weighted by molar-refractivity contribution is 5.86. The fraction of sp³-hybridized carbons (Fsp3) is 0.818. The number of hydrogen-bond acceptors (Lipinski definition) is 3. The number of piperazine rings is 1. The van der Waals surface area contributed by atoms with Crippen LogP contribution in [0.2, 0.25) is 0 Å². The molecule has 4 nitrogen and oxygen atoms in total. The molecule has 15 heavy (non-hydrogen) atoms. The molecule has 1 saturated heterocycles. The summed E-state index contributed by atoms with van der Waals surface area (Å²) in [5.41, 5.74) is 0. The molecule has 0 unspecified atom stereocenters.